The molecule has 4 heteroatoms. The molecule has 0 heterocycles. The third kappa shape index (κ3) is 4.92. The molecular weight excluding hydrogens is 264 g/mol. The van der Waals surface area contributed by atoms with Crippen LogP contribution in [0.25, 0.3) is 0 Å². The Morgan fingerprint density at radius 1 is 1.31 bits per heavy atom. The number of alkyl halides is 1. The standard InChI is InChI=1S/C12H16Cl3N/c1-2-3-11(14)8-16-7-9-4-5-10(13)6-12(9)15/h4-6,11,16H,2-3,7-8H2,1H3. The van der Waals surface area contributed by atoms with Crippen LogP contribution >= 0.6 is 34.8 Å². The Hall–Kier alpha value is 0.0500. The zero-order valence-electron chi connectivity index (χ0n) is 9.27. The summed E-state index contributed by atoms with van der Waals surface area (Å²) in [5.41, 5.74) is 1.05. The Kier molecular flexibility index (Phi) is 6.52. The highest BCUT2D eigenvalue weighted by Crippen LogP contribution is 2.20. The van der Waals surface area contributed by atoms with Crippen molar-refractivity contribution in [2.24, 2.45) is 0 Å². The molecule has 0 bridgehead atoms. The summed E-state index contributed by atoms with van der Waals surface area (Å²) in [5.74, 6) is 0. The lowest BCUT2D eigenvalue weighted by Gasteiger charge is -2.10. The molecule has 0 saturated carbocycles. The van der Waals surface area contributed by atoms with E-state index in [-0.39, 0.29) is 5.38 Å². The molecule has 1 unspecified atom stereocenters. The molecule has 1 aromatic carbocycles. The van der Waals surface area contributed by atoms with Crippen LogP contribution in [0.5, 0.6) is 0 Å². The number of hydrogen-bond donors (Lipinski definition) is 1. The maximum absolute atomic E-state index is 6.10. The van der Waals surface area contributed by atoms with Crippen LogP contribution in [0.4, 0.5) is 0 Å². The average Bonchev–Trinajstić information content (AvgIpc) is 2.22. The molecule has 0 aromatic heterocycles. The van der Waals surface area contributed by atoms with Gasteiger partial charge >= 0.3 is 0 Å². The first-order valence-corrected chi connectivity index (χ1v) is 6.61. The molecule has 90 valence electrons. The van der Waals surface area contributed by atoms with Crippen LogP contribution in [0.15, 0.2) is 18.2 Å². The Morgan fingerprint density at radius 2 is 2.06 bits per heavy atom. The van der Waals surface area contributed by atoms with E-state index in [4.69, 9.17) is 34.8 Å². The SMILES string of the molecule is CCCC(Cl)CNCc1ccc(Cl)cc1Cl. The highest BCUT2D eigenvalue weighted by molar-refractivity contribution is 6.35. The van der Waals surface area contributed by atoms with E-state index in [1.165, 1.54) is 0 Å². The van der Waals surface area contributed by atoms with E-state index in [9.17, 15) is 0 Å². The Morgan fingerprint density at radius 3 is 2.69 bits per heavy atom. The van der Waals surface area contributed by atoms with Gasteiger partial charge in [-0.05, 0) is 24.1 Å². The van der Waals surface area contributed by atoms with Crippen LogP contribution in [0.3, 0.4) is 0 Å². The third-order valence-corrected chi connectivity index (χ3v) is 3.26. The van der Waals surface area contributed by atoms with Crippen LogP contribution in [-0.2, 0) is 6.54 Å². The maximum atomic E-state index is 6.10. The number of hydrogen-bond acceptors (Lipinski definition) is 1. The molecule has 0 fully saturated rings. The first-order chi connectivity index (χ1) is 7.63. The third-order valence-electron chi connectivity index (χ3n) is 2.30. The second-order valence-corrected chi connectivity index (χ2v) is 5.21. The van der Waals surface area contributed by atoms with E-state index in [1.54, 1.807) is 6.07 Å². The van der Waals surface area contributed by atoms with Crippen LogP contribution < -0.4 is 5.32 Å². The van der Waals surface area contributed by atoms with Crippen molar-refractivity contribution >= 4 is 34.8 Å². The second-order valence-electron chi connectivity index (χ2n) is 3.75. The fourth-order valence-electron chi connectivity index (χ4n) is 1.44. The molecule has 0 aliphatic carbocycles. The summed E-state index contributed by atoms with van der Waals surface area (Å²) in [4.78, 5) is 0. The van der Waals surface area contributed by atoms with Crippen molar-refractivity contribution in [2.45, 2.75) is 31.7 Å². The highest BCUT2D eigenvalue weighted by atomic mass is 35.5. The minimum Gasteiger partial charge on any atom is -0.311 e. The monoisotopic (exact) mass is 279 g/mol. The Balaban J connectivity index is 2.37. The minimum absolute atomic E-state index is 0.191. The van der Waals surface area contributed by atoms with E-state index >= 15 is 0 Å². The Bertz CT molecular complexity index is 328. The summed E-state index contributed by atoms with van der Waals surface area (Å²) in [5, 5.41) is 4.84. The molecule has 1 N–H and O–H groups in total. The molecule has 0 amide bonds. The van der Waals surface area contributed by atoms with E-state index in [1.807, 2.05) is 12.1 Å². The van der Waals surface area contributed by atoms with Crippen LogP contribution in [0, 0.1) is 0 Å². The van der Waals surface area contributed by atoms with Gasteiger partial charge < -0.3 is 5.32 Å². The predicted molar refractivity (Wildman–Crippen MR) is 72.7 cm³/mol. The molecular formula is C12H16Cl3N. The fourth-order valence-corrected chi connectivity index (χ4v) is 2.25. The van der Waals surface area contributed by atoms with Gasteiger partial charge in [-0.2, -0.15) is 0 Å². The lowest BCUT2D eigenvalue weighted by atomic mass is 10.2. The fraction of sp³-hybridized carbons (Fsp3) is 0.500. The summed E-state index contributed by atoms with van der Waals surface area (Å²) in [6.07, 6.45) is 2.14. The van der Waals surface area contributed by atoms with Gasteiger partial charge in [0.25, 0.3) is 0 Å². The van der Waals surface area contributed by atoms with Gasteiger partial charge in [-0.15, -0.1) is 11.6 Å². The van der Waals surface area contributed by atoms with Crippen LogP contribution in [0.1, 0.15) is 25.3 Å². The molecule has 0 saturated heterocycles. The smallest absolute Gasteiger partial charge is 0.0465 e. The summed E-state index contributed by atoms with van der Waals surface area (Å²) >= 11 is 18.0. The van der Waals surface area contributed by atoms with Gasteiger partial charge in [0.1, 0.15) is 0 Å². The first kappa shape index (κ1) is 14.1. The maximum Gasteiger partial charge on any atom is 0.0465 e. The van der Waals surface area contributed by atoms with E-state index < -0.39 is 0 Å². The molecule has 1 nitrogen and oxygen atoms in total. The van der Waals surface area contributed by atoms with Crippen LogP contribution in [0.2, 0.25) is 10.0 Å². The normalized spacial score (nSPS) is 12.8. The topological polar surface area (TPSA) is 12.0 Å². The zero-order chi connectivity index (χ0) is 12.0. The molecule has 1 atom stereocenters. The number of benzene rings is 1. The quantitative estimate of drug-likeness (QED) is 0.757. The summed E-state index contributed by atoms with van der Waals surface area (Å²) in [6, 6.07) is 5.53. The lowest BCUT2D eigenvalue weighted by Crippen LogP contribution is -2.22. The van der Waals surface area contributed by atoms with E-state index in [0.717, 1.165) is 31.5 Å². The second kappa shape index (κ2) is 7.39. The zero-order valence-corrected chi connectivity index (χ0v) is 11.5. The van der Waals surface area contributed by atoms with Gasteiger partial charge in [-0.25, -0.2) is 0 Å². The largest absolute Gasteiger partial charge is 0.311 e. The van der Waals surface area contributed by atoms with Crippen molar-refractivity contribution in [2.75, 3.05) is 6.54 Å². The molecule has 0 aliphatic heterocycles. The van der Waals surface area contributed by atoms with Crippen molar-refractivity contribution in [3.05, 3.63) is 33.8 Å². The van der Waals surface area contributed by atoms with Crippen molar-refractivity contribution in [1.82, 2.24) is 5.32 Å². The van der Waals surface area contributed by atoms with E-state index in [0.29, 0.717) is 10.0 Å². The minimum atomic E-state index is 0.191. The molecule has 1 aromatic rings. The average molecular weight is 281 g/mol. The lowest BCUT2D eigenvalue weighted by molar-refractivity contribution is 0.623. The van der Waals surface area contributed by atoms with Gasteiger partial charge in [-0.1, -0.05) is 42.6 Å². The summed E-state index contributed by atoms with van der Waals surface area (Å²) in [6.45, 7) is 3.66. The number of nitrogens with one attached hydrogen (secondary N) is 1. The van der Waals surface area contributed by atoms with Gasteiger partial charge in [-0.3, -0.25) is 0 Å². The summed E-state index contributed by atoms with van der Waals surface area (Å²) < 4.78 is 0. The van der Waals surface area contributed by atoms with E-state index in [2.05, 4.69) is 12.2 Å². The van der Waals surface area contributed by atoms with Gasteiger partial charge in [0.05, 0.1) is 0 Å². The van der Waals surface area contributed by atoms with Gasteiger partial charge in [0.15, 0.2) is 0 Å². The van der Waals surface area contributed by atoms with Crippen molar-refractivity contribution < 1.29 is 0 Å². The van der Waals surface area contributed by atoms with Crippen LogP contribution in [-0.4, -0.2) is 11.9 Å². The van der Waals surface area contributed by atoms with Crippen molar-refractivity contribution in [3.8, 4) is 0 Å². The summed E-state index contributed by atoms with van der Waals surface area (Å²) in [7, 11) is 0. The number of halogens is 3. The molecule has 16 heavy (non-hydrogen) atoms. The number of rotatable bonds is 6. The first-order valence-electron chi connectivity index (χ1n) is 5.42. The predicted octanol–water partition coefficient (Wildman–Crippen LogP) is 4.49. The molecule has 1 rings (SSSR count). The Labute approximate surface area is 112 Å². The molecule has 0 radical (unpaired) electrons. The molecule has 0 spiro atoms. The van der Waals surface area contributed by atoms with Gasteiger partial charge in [0, 0.05) is 28.5 Å². The van der Waals surface area contributed by atoms with Gasteiger partial charge in [0.2, 0.25) is 0 Å². The highest BCUT2D eigenvalue weighted by Gasteiger charge is 2.04. The van der Waals surface area contributed by atoms with Crippen molar-refractivity contribution in [3.63, 3.8) is 0 Å². The molecule has 0 aliphatic rings. The van der Waals surface area contributed by atoms with Crippen molar-refractivity contribution in [1.29, 1.82) is 0 Å².